The Morgan fingerprint density at radius 1 is 1.25 bits per heavy atom. The smallest absolute Gasteiger partial charge is 0.324 e. The van der Waals surface area contributed by atoms with Crippen molar-refractivity contribution in [1.82, 2.24) is 0 Å². The lowest BCUT2D eigenvalue weighted by molar-refractivity contribution is 0.315. The van der Waals surface area contributed by atoms with Crippen LogP contribution < -0.4 is 0 Å². The molecule has 0 aromatic heterocycles. The number of halogens is 1. The molecule has 1 rings (SSSR count). The summed E-state index contributed by atoms with van der Waals surface area (Å²) >= 11 is 6.03. The summed E-state index contributed by atoms with van der Waals surface area (Å²) in [7, 11) is -4.24. The molecule has 16 heavy (non-hydrogen) atoms. The lowest BCUT2D eigenvalue weighted by atomic mass is 9.92. The Hall–Kier alpha value is -0.340. The average molecular weight is 263 g/mol. The second-order valence-electron chi connectivity index (χ2n) is 3.76. The summed E-state index contributed by atoms with van der Waals surface area (Å²) in [6.45, 7) is 3.54. The van der Waals surface area contributed by atoms with E-state index in [0.717, 1.165) is 0 Å². The van der Waals surface area contributed by atoms with E-state index in [1.54, 1.807) is 38.1 Å². The molecule has 0 aliphatic heterocycles. The van der Waals surface area contributed by atoms with Crippen LogP contribution in [0.2, 0.25) is 5.02 Å². The van der Waals surface area contributed by atoms with Gasteiger partial charge in [-0.1, -0.05) is 43.6 Å². The molecule has 0 amide bonds. The topological polar surface area (TPSA) is 57.5 Å². The first kappa shape index (κ1) is 13.7. The highest BCUT2D eigenvalue weighted by Gasteiger charge is 2.46. The summed E-state index contributed by atoms with van der Waals surface area (Å²) in [5.41, 5.74) is 0.537. The van der Waals surface area contributed by atoms with Crippen LogP contribution in [0.4, 0.5) is 0 Å². The van der Waals surface area contributed by atoms with E-state index in [1.807, 2.05) is 0 Å². The zero-order chi connectivity index (χ0) is 12.4. The minimum atomic E-state index is -4.24. The Morgan fingerprint density at radius 3 is 2.12 bits per heavy atom. The van der Waals surface area contributed by atoms with E-state index < -0.39 is 12.8 Å². The minimum absolute atomic E-state index is 0.359. The lowest BCUT2D eigenvalue weighted by Gasteiger charge is -2.33. The lowest BCUT2D eigenvalue weighted by Crippen LogP contribution is -2.24. The van der Waals surface area contributed by atoms with Gasteiger partial charge < -0.3 is 9.79 Å². The average Bonchev–Trinajstić information content (AvgIpc) is 2.21. The van der Waals surface area contributed by atoms with Gasteiger partial charge in [0.2, 0.25) is 0 Å². The largest absolute Gasteiger partial charge is 0.336 e. The van der Waals surface area contributed by atoms with Crippen molar-refractivity contribution in [3.63, 3.8) is 0 Å². The number of hydrogen-bond acceptors (Lipinski definition) is 1. The zero-order valence-corrected chi connectivity index (χ0v) is 11.0. The molecule has 0 radical (unpaired) electrons. The van der Waals surface area contributed by atoms with Gasteiger partial charge in [-0.25, -0.2) is 0 Å². The molecule has 1 aromatic carbocycles. The van der Waals surface area contributed by atoms with Gasteiger partial charge in [0, 0.05) is 5.02 Å². The van der Waals surface area contributed by atoms with Gasteiger partial charge in [0.1, 0.15) is 0 Å². The van der Waals surface area contributed by atoms with Crippen LogP contribution in [0.3, 0.4) is 0 Å². The van der Waals surface area contributed by atoms with Crippen LogP contribution in [0.1, 0.15) is 32.3 Å². The summed E-state index contributed by atoms with van der Waals surface area (Å²) < 4.78 is 11.7. The van der Waals surface area contributed by atoms with Gasteiger partial charge in [-0.15, -0.1) is 0 Å². The van der Waals surface area contributed by atoms with Gasteiger partial charge in [0.05, 0.1) is 5.16 Å². The first-order chi connectivity index (χ1) is 7.39. The maximum absolute atomic E-state index is 11.7. The third-order valence-corrected chi connectivity index (χ3v) is 5.42. The van der Waals surface area contributed by atoms with Crippen LogP contribution in [0.5, 0.6) is 0 Å². The van der Waals surface area contributed by atoms with Crippen molar-refractivity contribution in [3.8, 4) is 0 Å². The third kappa shape index (κ3) is 2.18. The fourth-order valence-electron chi connectivity index (χ4n) is 2.04. The van der Waals surface area contributed by atoms with Gasteiger partial charge in [-0.05, 0) is 24.5 Å². The highest BCUT2D eigenvalue weighted by Crippen LogP contribution is 2.61. The molecule has 0 unspecified atom stereocenters. The van der Waals surface area contributed by atoms with Gasteiger partial charge >= 0.3 is 7.60 Å². The highest BCUT2D eigenvalue weighted by atomic mass is 35.5. The SMILES string of the molecule is CCC(CC)(c1ccccc1Cl)P(=O)(O)O. The van der Waals surface area contributed by atoms with Crippen LogP contribution in [0, 0.1) is 0 Å². The van der Waals surface area contributed by atoms with E-state index in [2.05, 4.69) is 0 Å². The Kier molecular flexibility index (Phi) is 4.19. The maximum Gasteiger partial charge on any atom is 0.336 e. The van der Waals surface area contributed by atoms with Gasteiger partial charge in [-0.2, -0.15) is 0 Å². The monoisotopic (exact) mass is 262 g/mol. The Labute approximate surface area is 101 Å². The number of hydrogen-bond donors (Lipinski definition) is 2. The summed E-state index contributed by atoms with van der Waals surface area (Å²) in [6.07, 6.45) is 0.717. The van der Waals surface area contributed by atoms with E-state index in [1.165, 1.54) is 0 Å². The normalized spacial score (nSPS) is 12.8. The molecule has 2 N–H and O–H groups in total. The predicted molar refractivity (Wildman–Crippen MR) is 65.8 cm³/mol. The van der Waals surface area contributed by atoms with Crippen molar-refractivity contribution in [2.24, 2.45) is 0 Å². The van der Waals surface area contributed by atoms with Crippen LogP contribution in [-0.2, 0) is 9.72 Å². The molecule has 1 aromatic rings. The minimum Gasteiger partial charge on any atom is -0.324 e. The number of benzene rings is 1. The van der Waals surface area contributed by atoms with Crippen LogP contribution in [-0.4, -0.2) is 9.79 Å². The molecule has 0 bridgehead atoms. The Balaban J connectivity index is 3.45. The predicted octanol–water partition coefficient (Wildman–Crippen LogP) is 3.53. The van der Waals surface area contributed by atoms with E-state index in [9.17, 15) is 14.4 Å². The van der Waals surface area contributed by atoms with Crippen molar-refractivity contribution < 1.29 is 14.4 Å². The Bertz CT molecular complexity index is 409. The molecule has 5 heteroatoms. The molecular weight excluding hydrogens is 247 g/mol. The van der Waals surface area contributed by atoms with Crippen molar-refractivity contribution in [2.45, 2.75) is 31.8 Å². The zero-order valence-electron chi connectivity index (χ0n) is 9.35. The molecule has 90 valence electrons. The molecular formula is C11H16ClO3P. The Morgan fingerprint density at radius 2 is 1.75 bits per heavy atom. The fraction of sp³-hybridized carbons (Fsp3) is 0.455. The van der Waals surface area contributed by atoms with Crippen LogP contribution in [0.25, 0.3) is 0 Å². The molecule has 0 saturated heterocycles. The standard InChI is InChI=1S/C11H16ClO3P/c1-3-11(4-2,16(13,14)15)9-7-5-6-8-10(9)12/h5-8H,3-4H2,1-2H3,(H2,13,14,15). The van der Waals surface area contributed by atoms with Crippen molar-refractivity contribution in [3.05, 3.63) is 34.9 Å². The second-order valence-corrected chi connectivity index (χ2v) is 6.11. The fourth-order valence-corrected chi connectivity index (χ4v) is 3.75. The second kappa shape index (κ2) is 4.89. The van der Waals surface area contributed by atoms with Crippen molar-refractivity contribution in [2.75, 3.05) is 0 Å². The van der Waals surface area contributed by atoms with E-state index in [4.69, 9.17) is 11.6 Å². The highest BCUT2D eigenvalue weighted by molar-refractivity contribution is 7.53. The maximum atomic E-state index is 11.7. The van der Waals surface area contributed by atoms with Crippen LogP contribution >= 0.6 is 19.2 Å². The number of rotatable bonds is 4. The molecule has 0 aliphatic carbocycles. The summed E-state index contributed by atoms with van der Waals surface area (Å²) in [5.74, 6) is 0. The molecule has 0 heterocycles. The van der Waals surface area contributed by atoms with E-state index >= 15 is 0 Å². The molecule has 0 spiro atoms. The summed E-state index contributed by atoms with van der Waals surface area (Å²) in [4.78, 5) is 19.1. The molecule has 0 fully saturated rings. The molecule has 0 aliphatic rings. The van der Waals surface area contributed by atoms with Crippen molar-refractivity contribution in [1.29, 1.82) is 0 Å². The first-order valence-corrected chi connectivity index (χ1v) is 7.18. The summed E-state index contributed by atoms with van der Waals surface area (Å²) in [5, 5.41) is -0.750. The first-order valence-electron chi connectivity index (χ1n) is 5.19. The van der Waals surface area contributed by atoms with E-state index in [0.29, 0.717) is 23.4 Å². The van der Waals surface area contributed by atoms with Gasteiger partial charge in [0.25, 0.3) is 0 Å². The third-order valence-electron chi connectivity index (χ3n) is 3.10. The quantitative estimate of drug-likeness (QED) is 0.816. The van der Waals surface area contributed by atoms with Crippen LogP contribution in [0.15, 0.2) is 24.3 Å². The van der Waals surface area contributed by atoms with Gasteiger partial charge in [0.15, 0.2) is 0 Å². The van der Waals surface area contributed by atoms with E-state index in [-0.39, 0.29) is 0 Å². The van der Waals surface area contributed by atoms with Gasteiger partial charge in [-0.3, -0.25) is 4.57 Å². The molecule has 3 nitrogen and oxygen atoms in total. The molecule has 0 atom stereocenters. The summed E-state index contributed by atoms with van der Waals surface area (Å²) in [6, 6.07) is 6.85. The van der Waals surface area contributed by atoms with Crippen molar-refractivity contribution >= 4 is 19.2 Å². The molecule has 0 saturated carbocycles.